The molecule has 15 heavy (non-hydrogen) atoms. The first kappa shape index (κ1) is 11.7. The van der Waals surface area contributed by atoms with E-state index in [4.69, 9.17) is 0 Å². The van der Waals surface area contributed by atoms with Crippen molar-refractivity contribution in [3.63, 3.8) is 0 Å². The fourth-order valence-corrected chi connectivity index (χ4v) is 1.32. The van der Waals surface area contributed by atoms with Gasteiger partial charge in [-0.05, 0) is 6.07 Å². The van der Waals surface area contributed by atoms with Crippen LogP contribution in [0.25, 0.3) is 0 Å². The number of Topliss-reactive ketones (excluding diaryl/α,β-unsaturated/α-hetero) is 1. The van der Waals surface area contributed by atoms with E-state index in [0.29, 0.717) is 10.2 Å². The molecule has 0 atom stereocenters. The molecule has 0 aliphatic heterocycles. The molecule has 1 heterocycles. The minimum Gasteiger partial charge on any atom is -0.284 e. The normalized spacial score (nSPS) is 12.8. The van der Waals surface area contributed by atoms with Crippen LogP contribution in [-0.2, 0) is 10.2 Å². The molecule has 2 N–H and O–H groups in total. The quantitative estimate of drug-likeness (QED) is 0.756. The second-order valence-corrected chi connectivity index (χ2v) is 4.05. The van der Waals surface area contributed by atoms with E-state index >= 15 is 0 Å². The molecule has 0 unspecified atom stereocenters. The molecule has 0 aromatic carbocycles. The number of nitrogens with two attached hydrogens (primary N) is 1. The average molecular weight is 242 g/mol. The average Bonchev–Trinajstić information content (AvgIpc) is 2.47. The molecule has 0 aliphatic carbocycles. The van der Waals surface area contributed by atoms with Crippen molar-refractivity contribution in [2.75, 3.05) is 0 Å². The Labute approximate surface area is 82.5 Å². The van der Waals surface area contributed by atoms with Crippen LogP contribution in [0.2, 0.25) is 0 Å². The van der Waals surface area contributed by atoms with Crippen molar-refractivity contribution in [2.24, 2.45) is 5.14 Å². The Morgan fingerprint density at radius 2 is 1.93 bits per heavy atom. The number of aromatic nitrogens is 1. The van der Waals surface area contributed by atoms with Gasteiger partial charge in [0.25, 0.3) is 5.78 Å². The summed E-state index contributed by atoms with van der Waals surface area (Å²) < 4.78 is 57.4. The van der Waals surface area contributed by atoms with Crippen LogP contribution in [-0.4, -0.2) is 24.3 Å². The molecule has 5 nitrogen and oxygen atoms in total. The summed E-state index contributed by atoms with van der Waals surface area (Å²) in [4.78, 5) is 10.6. The number of alkyl halides is 3. The van der Waals surface area contributed by atoms with Crippen LogP contribution in [0.15, 0.2) is 18.5 Å². The van der Waals surface area contributed by atoms with E-state index in [1.54, 1.807) is 0 Å². The van der Waals surface area contributed by atoms with Gasteiger partial charge in [-0.2, -0.15) is 21.6 Å². The van der Waals surface area contributed by atoms with Gasteiger partial charge in [0, 0.05) is 18.0 Å². The Balaban J connectivity index is 3.12. The van der Waals surface area contributed by atoms with Crippen molar-refractivity contribution >= 4 is 16.0 Å². The van der Waals surface area contributed by atoms with Crippen molar-refractivity contribution in [3.05, 3.63) is 24.0 Å². The van der Waals surface area contributed by atoms with Gasteiger partial charge in [-0.1, -0.05) is 0 Å². The van der Waals surface area contributed by atoms with Gasteiger partial charge in [-0.15, -0.1) is 0 Å². The van der Waals surface area contributed by atoms with Gasteiger partial charge in [0.2, 0.25) is 0 Å². The highest BCUT2D eigenvalue weighted by atomic mass is 32.2. The zero-order valence-corrected chi connectivity index (χ0v) is 7.84. The van der Waals surface area contributed by atoms with Crippen LogP contribution >= 0.6 is 0 Å². The van der Waals surface area contributed by atoms with Crippen LogP contribution in [0.5, 0.6) is 0 Å². The third-order valence-electron chi connectivity index (χ3n) is 1.48. The summed E-state index contributed by atoms with van der Waals surface area (Å²) in [7, 11) is -4.16. The van der Waals surface area contributed by atoms with E-state index in [1.807, 2.05) is 0 Å². The molecular formula is C6H5F3N2O3S. The highest BCUT2D eigenvalue weighted by Crippen LogP contribution is 2.21. The number of hydrogen-bond donors (Lipinski definition) is 1. The molecule has 84 valence electrons. The van der Waals surface area contributed by atoms with Gasteiger partial charge < -0.3 is 0 Å². The monoisotopic (exact) mass is 242 g/mol. The largest absolute Gasteiger partial charge is 0.454 e. The summed E-state index contributed by atoms with van der Waals surface area (Å²) in [5.41, 5.74) is -0.781. The highest BCUT2D eigenvalue weighted by Gasteiger charge is 2.39. The molecule has 0 saturated carbocycles. The Morgan fingerprint density at radius 1 is 1.40 bits per heavy atom. The predicted octanol–water partition coefficient (Wildman–Crippen LogP) is 0.285. The molecule has 9 heteroatoms. The zero-order chi connectivity index (χ0) is 11.9. The van der Waals surface area contributed by atoms with Gasteiger partial charge in [0.05, 0.1) is 0 Å². The van der Waals surface area contributed by atoms with Gasteiger partial charge >= 0.3 is 16.4 Å². The van der Waals surface area contributed by atoms with Crippen LogP contribution in [0, 0.1) is 0 Å². The standard InChI is InChI=1S/C6H5F3N2O3S/c7-6(8,9)5(12)4-1-2-11(3-4)15(10,13)14/h1-3H,(H2,10,13,14). The summed E-state index contributed by atoms with van der Waals surface area (Å²) in [6.45, 7) is 0. The van der Waals surface area contributed by atoms with Crippen molar-refractivity contribution in [2.45, 2.75) is 6.18 Å². The summed E-state index contributed by atoms with van der Waals surface area (Å²) in [5.74, 6) is -2.12. The summed E-state index contributed by atoms with van der Waals surface area (Å²) >= 11 is 0. The van der Waals surface area contributed by atoms with E-state index in [9.17, 15) is 26.4 Å². The highest BCUT2D eigenvalue weighted by molar-refractivity contribution is 7.87. The van der Waals surface area contributed by atoms with Crippen molar-refractivity contribution in [1.82, 2.24) is 3.97 Å². The number of ketones is 1. The van der Waals surface area contributed by atoms with E-state index in [0.717, 1.165) is 12.3 Å². The Kier molecular flexibility index (Phi) is 2.62. The smallest absolute Gasteiger partial charge is 0.284 e. The third-order valence-corrected chi connectivity index (χ3v) is 2.30. The number of nitrogens with zero attached hydrogens (tertiary/aromatic N) is 1. The first-order valence-electron chi connectivity index (χ1n) is 3.45. The lowest BCUT2D eigenvalue weighted by atomic mass is 10.2. The van der Waals surface area contributed by atoms with Gasteiger partial charge in [-0.3, -0.25) is 4.79 Å². The van der Waals surface area contributed by atoms with E-state index in [1.165, 1.54) is 0 Å². The minimum atomic E-state index is -5.04. The first-order chi connectivity index (χ1) is 6.62. The molecule has 0 fully saturated rings. The predicted molar refractivity (Wildman–Crippen MR) is 43.3 cm³/mol. The number of halogens is 3. The fraction of sp³-hybridized carbons (Fsp3) is 0.167. The maximum Gasteiger partial charge on any atom is 0.454 e. The molecular weight excluding hydrogens is 237 g/mol. The molecule has 0 bridgehead atoms. The summed E-state index contributed by atoms with van der Waals surface area (Å²) in [6.07, 6.45) is -3.77. The zero-order valence-electron chi connectivity index (χ0n) is 7.02. The topological polar surface area (TPSA) is 82.2 Å². The number of rotatable bonds is 2. The molecule has 1 aromatic rings. The molecule has 0 radical (unpaired) electrons. The first-order valence-corrected chi connectivity index (χ1v) is 4.95. The minimum absolute atomic E-state index is 0.325. The molecule has 1 rings (SSSR count). The van der Waals surface area contributed by atoms with Crippen LogP contribution in [0.3, 0.4) is 0 Å². The Morgan fingerprint density at radius 3 is 2.27 bits per heavy atom. The van der Waals surface area contributed by atoms with Crippen molar-refractivity contribution < 1.29 is 26.4 Å². The molecule has 0 spiro atoms. The Hall–Kier alpha value is -1.35. The maximum atomic E-state index is 11.9. The number of carbonyl (C=O) groups excluding carboxylic acids is 1. The summed E-state index contributed by atoms with van der Waals surface area (Å²) in [5, 5.41) is 4.62. The van der Waals surface area contributed by atoms with Gasteiger partial charge in [0.15, 0.2) is 0 Å². The fourth-order valence-electron chi connectivity index (χ4n) is 0.833. The SMILES string of the molecule is NS(=O)(=O)n1ccc(C(=O)C(F)(F)F)c1. The van der Waals surface area contributed by atoms with E-state index in [-0.39, 0.29) is 0 Å². The maximum absolute atomic E-state index is 11.9. The van der Waals surface area contributed by atoms with E-state index in [2.05, 4.69) is 5.14 Å². The van der Waals surface area contributed by atoms with Crippen LogP contribution in [0.4, 0.5) is 13.2 Å². The van der Waals surface area contributed by atoms with Crippen molar-refractivity contribution in [3.8, 4) is 0 Å². The third kappa shape index (κ3) is 2.57. The lowest BCUT2D eigenvalue weighted by molar-refractivity contribution is -0.0885. The van der Waals surface area contributed by atoms with Gasteiger partial charge in [-0.25, -0.2) is 9.11 Å². The van der Waals surface area contributed by atoms with Gasteiger partial charge in [0.1, 0.15) is 0 Å². The van der Waals surface area contributed by atoms with Crippen LogP contribution < -0.4 is 5.14 Å². The van der Waals surface area contributed by atoms with E-state index < -0.39 is 27.7 Å². The van der Waals surface area contributed by atoms with Crippen LogP contribution in [0.1, 0.15) is 10.4 Å². The lowest BCUT2D eigenvalue weighted by Crippen LogP contribution is -2.23. The summed E-state index contributed by atoms with van der Waals surface area (Å²) in [6, 6.07) is 0.722. The second-order valence-electron chi connectivity index (χ2n) is 2.60. The lowest BCUT2D eigenvalue weighted by Gasteiger charge is -2.01. The number of carbonyl (C=O) groups is 1. The molecule has 0 amide bonds. The molecule has 0 aliphatic rings. The molecule has 0 saturated heterocycles. The number of hydrogen-bond acceptors (Lipinski definition) is 3. The second kappa shape index (κ2) is 3.35. The van der Waals surface area contributed by atoms with Crippen molar-refractivity contribution in [1.29, 1.82) is 0 Å². The Bertz CT molecular complexity index is 488. The molecule has 1 aromatic heterocycles.